The molecule has 112 valence electrons. The van der Waals surface area contributed by atoms with Crippen LogP contribution in [-0.4, -0.2) is 13.2 Å². The zero-order chi connectivity index (χ0) is 15.2. The second-order valence-corrected chi connectivity index (χ2v) is 6.31. The first-order valence-electron chi connectivity index (χ1n) is 7.22. The van der Waals surface area contributed by atoms with Gasteiger partial charge in [0.25, 0.3) is 0 Å². The summed E-state index contributed by atoms with van der Waals surface area (Å²) in [7, 11) is 1.67. The molecule has 1 atom stereocenters. The van der Waals surface area contributed by atoms with Gasteiger partial charge in [0, 0.05) is 6.04 Å². The lowest BCUT2D eigenvalue weighted by Gasteiger charge is -2.13. The van der Waals surface area contributed by atoms with Crippen molar-refractivity contribution in [3.8, 4) is 5.75 Å². The summed E-state index contributed by atoms with van der Waals surface area (Å²) in [4.78, 5) is 0. The molecule has 0 saturated carbocycles. The number of aryl methyl sites for hydroxylation is 2. The zero-order valence-electron chi connectivity index (χ0n) is 12.6. The predicted molar refractivity (Wildman–Crippen MR) is 91.9 cm³/mol. The number of ether oxygens (including phenoxy) is 1. The van der Waals surface area contributed by atoms with Crippen LogP contribution in [0.15, 0.2) is 46.9 Å². The minimum Gasteiger partial charge on any atom is -0.496 e. The Balaban J connectivity index is 1.88. The Morgan fingerprint density at radius 3 is 2.38 bits per heavy atom. The van der Waals surface area contributed by atoms with E-state index in [9.17, 15) is 0 Å². The van der Waals surface area contributed by atoms with Crippen molar-refractivity contribution in [3.05, 3.63) is 63.6 Å². The van der Waals surface area contributed by atoms with E-state index in [1.165, 1.54) is 16.7 Å². The van der Waals surface area contributed by atoms with Crippen molar-refractivity contribution in [2.45, 2.75) is 32.2 Å². The Hall–Kier alpha value is -1.32. The van der Waals surface area contributed by atoms with Gasteiger partial charge in [-0.25, -0.2) is 0 Å². The molecule has 0 aromatic heterocycles. The average molecular weight is 348 g/mol. The largest absolute Gasteiger partial charge is 0.496 e. The summed E-state index contributed by atoms with van der Waals surface area (Å²) < 4.78 is 6.22. The molecule has 0 bridgehead atoms. The van der Waals surface area contributed by atoms with Crippen LogP contribution in [0.1, 0.15) is 23.1 Å². The maximum absolute atomic E-state index is 6.26. The number of nitrogens with two attached hydrogens (primary N) is 1. The van der Waals surface area contributed by atoms with E-state index in [0.717, 1.165) is 29.5 Å². The Bertz CT molecular complexity index is 580. The first kappa shape index (κ1) is 16.1. The lowest BCUT2D eigenvalue weighted by molar-refractivity contribution is 0.412. The molecule has 0 saturated heterocycles. The summed E-state index contributed by atoms with van der Waals surface area (Å²) >= 11 is 3.51. The summed E-state index contributed by atoms with van der Waals surface area (Å²) in [6.45, 7) is 2.11. The lowest BCUT2D eigenvalue weighted by Crippen LogP contribution is -2.23. The molecule has 1 unspecified atom stereocenters. The molecule has 3 heteroatoms. The quantitative estimate of drug-likeness (QED) is 0.846. The highest BCUT2D eigenvalue weighted by atomic mass is 79.9. The number of hydrogen-bond acceptors (Lipinski definition) is 2. The number of rotatable bonds is 6. The van der Waals surface area contributed by atoms with Crippen LogP contribution in [0.3, 0.4) is 0 Å². The number of hydrogen-bond donors (Lipinski definition) is 1. The minimum absolute atomic E-state index is 0.173. The van der Waals surface area contributed by atoms with Crippen LogP contribution >= 0.6 is 15.9 Å². The van der Waals surface area contributed by atoms with E-state index in [2.05, 4.69) is 59.3 Å². The topological polar surface area (TPSA) is 35.2 Å². The van der Waals surface area contributed by atoms with E-state index >= 15 is 0 Å². The van der Waals surface area contributed by atoms with Gasteiger partial charge in [0.15, 0.2) is 0 Å². The van der Waals surface area contributed by atoms with Crippen LogP contribution < -0.4 is 10.5 Å². The molecule has 2 rings (SSSR count). The monoisotopic (exact) mass is 347 g/mol. The zero-order valence-corrected chi connectivity index (χ0v) is 14.2. The Kier molecular flexibility index (Phi) is 5.83. The van der Waals surface area contributed by atoms with Crippen LogP contribution in [-0.2, 0) is 12.8 Å². The molecule has 0 spiro atoms. The van der Waals surface area contributed by atoms with Gasteiger partial charge in [0.1, 0.15) is 5.75 Å². The van der Waals surface area contributed by atoms with Crippen molar-refractivity contribution in [2.24, 2.45) is 5.73 Å². The second kappa shape index (κ2) is 7.62. The van der Waals surface area contributed by atoms with Gasteiger partial charge in [-0.1, -0.05) is 35.9 Å². The van der Waals surface area contributed by atoms with Crippen molar-refractivity contribution >= 4 is 15.9 Å². The van der Waals surface area contributed by atoms with Gasteiger partial charge in [-0.3, -0.25) is 0 Å². The Labute approximate surface area is 135 Å². The van der Waals surface area contributed by atoms with Crippen molar-refractivity contribution in [1.82, 2.24) is 0 Å². The maximum atomic E-state index is 6.26. The predicted octanol–water partition coefficient (Wildman–Crippen LogP) is 4.27. The molecule has 21 heavy (non-hydrogen) atoms. The summed E-state index contributed by atoms with van der Waals surface area (Å²) in [5.41, 5.74) is 10.1. The minimum atomic E-state index is 0.173. The third-order valence-corrected chi connectivity index (χ3v) is 4.26. The summed E-state index contributed by atoms with van der Waals surface area (Å²) in [5.74, 6) is 0.854. The van der Waals surface area contributed by atoms with Crippen molar-refractivity contribution < 1.29 is 4.74 Å². The van der Waals surface area contributed by atoms with E-state index in [1.54, 1.807) is 7.11 Å². The van der Waals surface area contributed by atoms with Crippen molar-refractivity contribution in [2.75, 3.05) is 7.11 Å². The number of methoxy groups -OCH3 is 1. The van der Waals surface area contributed by atoms with E-state index < -0.39 is 0 Å². The molecule has 0 radical (unpaired) electrons. The summed E-state index contributed by atoms with van der Waals surface area (Å²) in [5, 5.41) is 0. The number of halogens is 1. The fourth-order valence-corrected chi connectivity index (χ4v) is 2.94. The molecule has 2 N–H and O–H groups in total. The SMILES string of the molecule is COc1ccc(CC(N)CCc2ccc(C)cc2)cc1Br. The lowest BCUT2D eigenvalue weighted by atomic mass is 9.99. The Morgan fingerprint density at radius 2 is 1.76 bits per heavy atom. The van der Waals surface area contributed by atoms with Crippen LogP contribution in [0.2, 0.25) is 0 Å². The fourth-order valence-electron chi connectivity index (χ4n) is 2.35. The van der Waals surface area contributed by atoms with Gasteiger partial charge < -0.3 is 10.5 Å². The summed E-state index contributed by atoms with van der Waals surface area (Å²) in [6.07, 6.45) is 2.90. The third kappa shape index (κ3) is 4.87. The first-order chi connectivity index (χ1) is 10.1. The third-order valence-electron chi connectivity index (χ3n) is 3.64. The first-order valence-corrected chi connectivity index (χ1v) is 8.01. The molecule has 2 aromatic rings. The highest BCUT2D eigenvalue weighted by Gasteiger charge is 2.07. The molecule has 0 aliphatic rings. The molecule has 0 heterocycles. The van der Waals surface area contributed by atoms with Gasteiger partial charge in [-0.2, -0.15) is 0 Å². The van der Waals surface area contributed by atoms with Gasteiger partial charge in [0.05, 0.1) is 11.6 Å². The van der Waals surface area contributed by atoms with Crippen LogP contribution in [0.25, 0.3) is 0 Å². The van der Waals surface area contributed by atoms with E-state index in [-0.39, 0.29) is 6.04 Å². The number of benzene rings is 2. The molecule has 2 nitrogen and oxygen atoms in total. The van der Waals surface area contributed by atoms with E-state index in [4.69, 9.17) is 10.5 Å². The molecule has 0 aliphatic heterocycles. The van der Waals surface area contributed by atoms with Gasteiger partial charge >= 0.3 is 0 Å². The smallest absolute Gasteiger partial charge is 0.133 e. The molecular weight excluding hydrogens is 326 g/mol. The van der Waals surface area contributed by atoms with E-state index in [0.29, 0.717) is 0 Å². The maximum Gasteiger partial charge on any atom is 0.133 e. The normalized spacial score (nSPS) is 12.2. The average Bonchev–Trinajstić information content (AvgIpc) is 2.47. The van der Waals surface area contributed by atoms with E-state index in [1.807, 2.05) is 6.07 Å². The Morgan fingerprint density at radius 1 is 1.10 bits per heavy atom. The van der Waals surface area contributed by atoms with Crippen LogP contribution in [0.5, 0.6) is 5.75 Å². The van der Waals surface area contributed by atoms with Gasteiger partial charge in [-0.15, -0.1) is 0 Å². The standard InChI is InChI=1S/C18H22BrNO/c1-13-3-5-14(6-4-13)7-9-16(20)11-15-8-10-18(21-2)17(19)12-15/h3-6,8,10,12,16H,7,9,11,20H2,1-2H3. The van der Waals surface area contributed by atoms with Crippen molar-refractivity contribution in [3.63, 3.8) is 0 Å². The molecule has 0 amide bonds. The van der Waals surface area contributed by atoms with Gasteiger partial charge in [0.2, 0.25) is 0 Å². The van der Waals surface area contributed by atoms with Gasteiger partial charge in [-0.05, 0) is 65.4 Å². The van der Waals surface area contributed by atoms with Crippen LogP contribution in [0.4, 0.5) is 0 Å². The molecular formula is C18H22BrNO. The summed E-state index contributed by atoms with van der Waals surface area (Å²) in [6, 6.07) is 15.0. The molecule has 2 aromatic carbocycles. The second-order valence-electron chi connectivity index (χ2n) is 5.46. The highest BCUT2D eigenvalue weighted by Crippen LogP contribution is 2.26. The van der Waals surface area contributed by atoms with Crippen LogP contribution in [0, 0.1) is 6.92 Å². The highest BCUT2D eigenvalue weighted by molar-refractivity contribution is 9.10. The van der Waals surface area contributed by atoms with Crippen molar-refractivity contribution in [1.29, 1.82) is 0 Å². The fraction of sp³-hybridized carbons (Fsp3) is 0.333. The molecule has 0 fully saturated rings. The molecule has 0 aliphatic carbocycles.